The minimum Gasteiger partial charge on any atom is -0.464 e. The van der Waals surface area contributed by atoms with Crippen molar-refractivity contribution in [3.63, 3.8) is 0 Å². The first kappa shape index (κ1) is 15.3. The third-order valence-corrected chi connectivity index (χ3v) is 4.94. The van der Waals surface area contributed by atoms with Crippen LogP contribution in [0.2, 0.25) is 0 Å². The lowest BCUT2D eigenvalue weighted by molar-refractivity contribution is 0.0594. The Morgan fingerprint density at radius 2 is 2.14 bits per heavy atom. The van der Waals surface area contributed by atoms with Crippen molar-refractivity contribution in [2.24, 2.45) is 0 Å². The van der Waals surface area contributed by atoms with E-state index in [1.165, 1.54) is 22.3 Å². The van der Waals surface area contributed by atoms with E-state index in [0.717, 1.165) is 5.39 Å². The van der Waals surface area contributed by atoms with Gasteiger partial charge in [-0.3, -0.25) is 3.97 Å². The fourth-order valence-electron chi connectivity index (χ4n) is 2.23. The van der Waals surface area contributed by atoms with Crippen molar-refractivity contribution in [3.8, 4) is 11.1 Å². The van der Waals surface area contributed by atoms with Crippen molar-refractivity contribution in [2.75, 3.05) is 7.11 Å². The van der Waals surface area contributed by atoms with E-state index < -0.39 is 5.97 Å². The molecule has 22 heavy (non-hydrogen) atoms. The highest BCUT2D eigenvalue weighted by Gasteiger charge is 2.18. The summed E-state index contributed by atoms with van der Waals surface area (Å²) in [5.41, 5.74) is 2.18. The number of fused-ring (bicyclic) bond motifs is 1. The van der Waals surface area contributed by atoms with Crippen LogP contribution in [-0.2, 0) is 4.74 Å². The van der Waals surface area contributed by atoms with E-state index in [1.807, 2.05) is 6.07 Å². The molecule has 2 heterocycles. The minimum absolute atomic E-state index is 0.306. The third kappa shape index (κ3) is 2.58. The molecule has 0 fully saturated rings. The Morgan fingerprint density at radius 1 is 1.36 bits per heavy atom. The Balaban J connectivity index is 2.19. The van der Waals surface area contributed by atoms with Gasteiger partial charge in [0.1, 0.15) is 11.5 Å². The van der Waals surface area contributed by atoms with Gasteiger partial charge in [-0.15, -0.1) is 0 Å². The molecule has 0 radical (unpaired) electrons. The SMILES string of the molecule is COC(=O)c1cc2cc(-c3ccccc3F)cnc2n1SI. The average molecular weight is 428 g/mol. The lowest BCUT2D eigenvalue weighted by Crippen LogP contribution is -2.05. The molecule has 0 saturated heterocycles. The van der Waals surface area contributed by atoms with E-state index >= 15 is 0 Å². The smallest absolute Gasteiger partial charge is 0.355 e. The number of halogens is 2. The van der Waals surface area contributed by atoms with E-state index in [0.29, 0.717) is 22.5 Å². The van der Waals surface area contributed by atoms with Gasteiger partial charge in [0.15, 0.2) is 5.65 Å². The van der Waals surface area contributed by atoms with Gasteiger partial charge in [0.2, 0.25) is 0 Å². The number of benzene rings is 1. The van der Waals surface area contributed by atoms with Crippen molar-refractivity contribution in [3.05, 3.63) is 54.1 Å². The summed E-state index contributed by atoms with van der Waals surface area (Å²) in [6.45, 7) is 0. The van der Waals surface area contributed by atoms with Crippen LogP contribution in [0.1, 0.15) is 10.5 Å². The first-order valence-corrected chi connectivity index (χ1v) is 9.61. The number of aromatic nitrogens is 2. The van der Waals surface area contributed by atoms with E-state index in [9.17, 15) is 9.18 Å². The molecule has 0 aliphatic rings. The molecule has 4 nitrogen and oxygen atoms in total. The van der Waals surface area contributed by atoms with E-state index in [1.54, 1.807) is 34.4 Å². The van der Waals surface area contributed by atoms with Crippen LogP contribution >= 0.6 is 30.3 Å². The zero-order valence-electron chi connectivity index (χ0n) is 11.4. The van der Waals surface area contributed by atoms with Gasteiger partial charge in [0.05, 0.1) is 7.11 Å². The van der Waals surface area contributed by atoms with E-state index in [2.05, 4.69) is 26.2 Å². The maximum absolute atomic E-state index is 13.9. The molecule has 3 aromatic rings. The number of hydrogen-bond acceptors (Lipinski definition) is 4. The summed E-state index contributed by atoms with van der Waals surface area (Å²) in [5.74, 6) is -0.742. The highest BCUT2D eigenvalue weighted by molar-refractivity contribution is 14.2. The summed E-state index contributed by atoms with van der Waals surface area (Å²) in [7, 11) is 2.66. The van der Waals surface area contributed by atoms with Crippen LogP contribution < -0.4 is 0 Å². The number of esters is 1. The van der Waals surface area contributed by atoms with Crippen LogP contribution in [0.25, 0.3) is 22.2 Å². The van der Waals surface area contributed by atoms with Crippen LogP contribution in [0.5, 0.6) is 0 Å². The molecule has 0 bridgehead atoms. The number of nitrogens with zero attached hydrogens (tertiary/aromatic N) is 2. The number of ether oxygens (including phenoxy) is 1. The first-order valence-electron chi connectivity index (χ1n) is 6.29. The standard InChI is InChI=1S/C15H10FIN2O2S/c1-21-15(20)13-7-9-6-10(8-18-14(9)19(13)22-17)11-4-2-3-5-12(11)16/h2-8H,1H3. The summed E-state index contributed by atoms with van der Waals surface area (Å²) >= 11 is 2.07. The lowest BCUT2D eigenvalue weighted by atomic mass is 10.1. The first-order chi connectivity index (χ1) is 10.7. The Kier molecular flexibility index (Phi) is 4.34. The molecular weight excluding hydrogens is 418 g/mol. The number of carbonyl (C=O) groups excluding carboxylic acids is 1. The van der Waals surface area contributed by atoms with Crippen LogP contribution in [0.15, 0.2) is 42.6 Å². The zero-order valence-corrected chi connectivity index (χ0v) is 14.4. The van der Waals surface area contributed by atoms with Gasteiger partial charge in [0, 0.05) is 53.0 Å². The molecule has 0 aliphatic carbocycles. The molecule has 1 aromatic carbocycles. The van der Waals surface area contributed by atoms with Crippen LogP contribution in [0.4, 0.5) is 4.39 Å². The molecule has 0 N–H and O–H groups in total. The largest absolute Gasteiger partial charge is 0.464 e. The number of pyridine rings is 1. The van der Waals surface area contributed by atoms with Crippen LogP contribution in [0.3, 0.4) is 0 Å². The molecule has 2 aromatic heterocycles. The summed E-state index contributed by atoms with van der Waals surface area (Å²) in [4.78, 5) is 16.2. The average Bonchev–Trinajstić information content (AvgIpc) is 2.92. The Hall–Kier alpha value is -1.61. The fourth-order valence-corrected chi connectivity index (χ4v) is 3.85. The highest BCUT2D eigenvalue weighted by atomic mass is 127. The monoisotopic (exact) mass is 428 g/mol. The molecule has 7 heteroatoms. The zero-order chi connectivity index (χ0) is 15.7. The molecule has 0 spiro atoms. The molecule has 0 amide bonds. The molecule has 112 valence electrons. The summed E-state index contributed by atoms with van der Waals surface area (Å²) in [6, 6.07) is 10.0. The molecule has 0 aliphatic heterocycles. The fraction of sp³-hybridized carbons (Fsp3) is 0.0667. The third-order valence-electron chi connectivity index (χ3n) is 3.25. The molecular formula is C15H10FIN2O2S. The topological polar surface area (TPSA) is 44.1 Å². The van der Waals surface area contributed by atoms with Crippen molar-refractivity contribution in [2.45, 2.75) is 0 Å². The molecule has 0 saturated carbocycles. The molecule has 0 unspecified atom stereocenters. The highest BCUT2D eigenvalue weighted by Crippen LogP contribution is 2.31. The van der Waals surface area contributed by atoms with Crippen LogP contribution in [-0.4, -0.2) is 22.0 Å². The van der Waals surface area contributed by atoms with Gasteiger partial charge in [-0.25, -0.2) is 14.2 Å². The number of carbonyl (C=O) groups is 1. The van der Waals surface area contributed by atoms with Crippen LogP contribution in [0, 0.1) is 5.82 Å². The summed E-state index contributed by atoms with van der Waals surface area (Å²) in [5, 5.41) is 0.755. The minimum atomic E-state index is -0.436. The number of methoxy groups -OCH3 is 1. The second-order valence-electron chi connectivity index (χ2n) is 4.50. The lowest BCUT2D eigenvalue weighted by Gasteiger charge is -2.04. The van der Waals surface area contributed by atoms with Gasteiger partial charge < -0.3 is 4.74 Å². The van der Waals surface area contributed by atoms with Crippen molar-refractivity contribution >= 4 is 47.3 Å². The van der Waals surface area contributed by atoms with Crippen molar-refractivity contribution in [1.82, 2.24) is 8.96 Å². The quantitative estimate of drug-likeness (QED) is 0.456. The van der Waals surface area contributed by atoms with Gasteiger partial charge in [0.25, 0.3) is 0 Å². The normalized spacial score (nSPS) is 10.9. The summed E-state index contributed by atoms with van der Waals surface area (Å²) in [6.07, 6.45) is 1.60. The number of rotatable bonds is 3. The van der Waals surface area contributed by atoms with Gasteiger partial charge in [-0.05, 0) is 18.2 Å². The second-order valence-corrected chi connectivity index (χ2v) is 6.19. The van der Waals surface area contributed by atoms with Gasteiger partial charge in [-0.2, -0.15) is 0 Å². The Bertz CT molecular complexity index is 866. The van der Waals surface area contributed by atoms with Gasteiger partial charge >= 0.3 is 5.97 Å². The Labute approximate surface area is 142 Å². The molecule has 3 rings (SSSR count). The maximum Gasteiger partial charge on any atom is 0.355 e. The predicted octanol–water partition coefficient (Wildman–Crippen LogP) is 4.48. The summed E-state index contributed by atoms with van der Waals surface area (Å²) < 4.78 is 20.4. The van der Waals surface area contributed by atoms with Crippen molar-refractivity contribution in [1.29, 1.82) is 0 Å². The van der Waals surface area contributed by atoms with E-state index in [4.69, 9.17) is 4.74 Å². The maximum atomic E-state index is 13.9. The van der Waals surface area contributed by atoms with Gasteiger partial charge in [-0.1, -0.05) is 18.2 Å². The van der Waals surface area contributed by atoms with E-state index in [-0.39, 0.29) is 5.82 Å². The second kappa shape index (κ2) is 6.25. The number of hydrogen-bond donors (Lipinski definition) is 0. The molecule has 0 atom stereocenters. The van der Waals surface area contributed by atoms with Crippen molar-refractivity contribution < 1.29 is 13.9 Å². The Morgan fingerprint density at radius 3 is 2.82 bits per heavy atom. The predicted molar refractivity (Wildman–Crippen MR) is 93.5 cm³/mol.